The van der Waals surface area contributed by atoms with Crippen molar-refractivity contribution in [2.75, 3.05) is 11.9 Å². The molecule has 0 aliphatic heterocycles. The number of carbonyl (C=O) groups is 2. The first-order chi connectivity index (χ1) is 11.5. The molecule has 0 aliphatic rings. The summed E-state index contributed by atoms with van der Waals surface area (Å²) in [5.74, 6) is -0.855. The molecule has 0 spiro atoms. The lowest BCUT2D eigenvalue weighted by Crippen LogP contribution is -2.44. The summed E-state index contributed by atoms with van der Waals surface area (Å²) >= 11 is 0. The highest BCUT2D eigenvalue weighted by molar-refractivity contribution is 5.96. The Labute approximate surface area is 140 Å². The zero-order valence-electron chi connectivity index (χ0n) is 13.5. The number of aryl methyl sites for hydroxylation is 2. The number of anilines is 1. The van der Waals surface area contributed by atoms with Gasteiger partial charge in [0, 0.05) is 11.3 Å². The largest absolute Gasteiger partial charge is 0.376 e. The lowest BCUT2D eigenvalue weighted by Gasteiger charge is -2.11. The van der Waals surface area contributed by atoms with Crippen LogP contribution in [-0.2, 0) is 4.79 Å². The molecular weight excluding hydrogens is 304 g/mol. The van der Waals surface area contributed by atoms with E-state index in [9.17, 15) is 9.59 Å². The van der Waals surface area contributed by atoms with Gasteiger partial charge in [0.25, 0.3) is 11.8 Å². The molecule has 0 fully saturated rings. The minimum Gasteiger partial charge on any atom is -0.376 e. The zero-order valence-corrected chi connectivity index (χ0v) is 13.5. The Morgan fingerprint density at radius 1 is 1.08 bits per heavy atom. The summed E-state index contributed by atoms with van der Waals surface area (Å²) in [7, 11) is 0. The molecule has 2 aromatic rings. The number of hydrazine groups is 1. The lowest BCUT2D eigenvalue weighted by molar-refractivity contribution is -0.120. The van der Waals surface area contributed by atoms with Crippen molar-refractivity contribution in [1.29, 1.82) is 5.26 Å². The third kappa shape index (κ3) is 4.58. The van der Waals surface area contributed by atoms with Crippen molar-refractivity contribution < 1.29 is 9.59 Å². The maximum absolute atomic E-state index is 11.9. The first kappa shape index (κ1) is 17.0. The normalized spacial score (nSPS) is 9.71. The Hall–Kier alpha value is -3.33. The molecule has 0 bridgehead atoms. The topological polar surface area (TPSA) is 94.0 Å². The number of nitriles is 1. The third-order valence-corrected chi connectivity index (χ3v) is 3.39. The summed E-state index contributed by atoms with van der Waals surface area (Å²) in [5, 5.41) is 11.8. The van der Waals surface area contributed by atoms with E-state index in [4.69, 9.17) is 5.26 Å². The van der Waals surface area contributed by atoms with Crippen LogP contribution in [0.15, 0.2) is 42.5 Å². The zero-order chi connectivity index (χ0) is 17.5. The fraction of sp³-hybridized carbons (Fsp3) is 0.167. The van der Waals surface area contributed by atoms with E-state index < -0.39 is 5.91 Å². The molecule has 6 heteroatoms. The molecule has 0 unspecified atom stereocenters. The molecule has 0 radical (unpaired) electrons. The molecular formula is C18H18N4O2. The van der Waals surface area contributed by atoms with Gasteiger partial charge in [-0.2, -0.15) is 5.26 Å². The van der Waals surface area contributed by atoms with Crippen LogP contribution in [-0.4, -0.2) is 18.4 Å². The lowest BCUT2D eigenvalue weighted by atomic mass is 10.1. The molecule has 2 aromatic carbocycles. The number of hydrogen-bond acceptors (Lipinski definition) is 4. The number of hydrogen-bond donors (Lipinski definition) is 3. The maximum Gasteiger partial charge on any atom is 0.269 e. The van der Waals surface area contributed by atoms with Crippen LogP contribution in [0.3, 0.4) is 0 Å². The van der Waals surface area contributed by atoms with Gasteiger partial charge in [-0.1, -0.05) is 23.8 Å². The molecule has 0 heterocycles. The average Bonchev–Trinajstić information content (AvgIpc) is 2.59. The van der Waals surface area contributed by atoms with E-state index in [2.05, 4.69) is 16.2 Å². The number of nitrogens with one attached hydrogen (secondary N) is 3. The molecule has 0 saturated carbocycles. The standard InChI is InChI=1S/C18H18N4O2/c1-12-6-7-16(13(2)8-12)20-11-17(23)21-22-18(24)15-5-3-4-14(9-15)10-19/h3-9,20H,11H2,1-2H3,(H,21,23)(H,22,24). The highest BCUT2D eigenvalue weighted by atomic mass is 16.2. The summed E-state index contributed by atoms with van der Waals surface area (Å²) in [5.41, 5.74) is 8.39. The van der Waals surface area contributed by atoms with Crippen LogP contribution in [0.5, 0.6) is 0 Å². The molecule has 2 rings (SSSR count). The van der Waals surface area contributed by atoms with Crippen molar-refractivity contribution in [3.63, 3.8) is 0 Å². The Morgan fingerprint density at radius 3 is 2.58 bits per heavy atom. The van der Waals surface area contributed by atoms with Gasteiger partial charge in [-0.3, -0.25) is 20.4 Å². The quantitative estimate of drug-likeness (QED) is 0.751. The average molecular weight is 322 g/mol. The van der Waals surface area contributed by atoms with Crippen LogP contribution in [0, 0.1) is 25.2 Å². The number of nitrogens with zero attached hydrogens (tertiary/aromatic N) is 1. The number of amides is 2. The van der Waals surface area contributed by atoms with Gasteiger partial charge in [-0.05, 0) is 43.7 Å². The van der Waals surface area contributed by atoms with Crippen LogP contribution in [0.2, 0.25) is 0 Å². The second kappa shape index (κ2) is 7.79. The van der Waals surface area contributed by atoms with Gasteiger partial charge in [0.1, 0.15) is 0 Å². The first-order valence-corrected chi connectivity index (χ1v) is 7.40. The van der Waals surface area contributed by atoms with Gasteiger partial charge >= 0.3 is 0 Å². The number of benzene rings is 2. The smallest absolute Gasteiger partial charge is 0.269 e. The summed E-state index contributed by atoms with van der Waals surface area (Å²) < 4.78 is 0. The molecule has 0 aromatic heterocycles. The number of rotatable bonds is 4. The van der Waals surface area contributed by atoms with E-state index in [0.717, 1.165) is 16.8 Å². The summed E-state index contributed by atoms with van der Waals surface area (Å²) in [4.78, 5) is 23.7. The minimum absolute atomic E-state index is 0.0302. The monoisotopic (exact) mass is 322 g/mol. The molecule has 2 amide bonds. The fourth-order valence-corrected chi connectivity index (χ4v) is 2.16. The highest BCUT2D eigenvalue weighted by Crippen LogP contribution is 2.15. The van der Waals surface area contributed by atoms with Crippen molar-refractivity contribution in [1.82, 2.24) is 10.9 Å². The van der Waals surface area contributed by atoms with E-state index in [1.165, 1.54) is 6.07 Å². The third-order valence-electron chi connectivity index (χ3n) is 3.39. The fourth-order valence-electron chi connectivity index (χ4n) is 2.16. The molecule has 3 N–H and O–H groups in total. The van der Waals surface area contributed by atoms with Crippen molar-refractivity contribution in [2.24, 2.45) is 0 Å². The molecule has 24 heavy (non-hydrogen) atoms. The van der Waals surface area contributed by atoms with Crippen molar-refractivity contribution in [3.8, 4) is 6.07 Å². The van der Waals surface area contributed by atoms with Crippen LogP contribution >= 0.6 is 0 Å². The van der Waals surface area contributed by atoms with E-state index in [-0.39, 0.29) is 12.5 Å². The molecule has 0 saturated heterocycles. The highest BCUT2D eigenvalue weighted by Gasteiger charge is 2.08. The van der Waals surface area contributed by atoms with Crippen LogP contribution < -0.4 is 16.2 Å². The Bertz CT molecular complexity index is 809. The van der Waals surface area contributed by atoms with Gasteiger partial charge < -0.3 is 5.32 Å². The Kier molecular flexibility index (Phi) is 5.53. The van der Waals surface area contributed by atoms with Gasteiger partial charge in [-0.25, -0.2) is 0 Å². The van der Waals surface area contributed by atoms with Crippen molar-refractivity contribution in [3.05, 3.63) is 64.7 Å². The van der Waals surface area contributed by atoms with E-state index in [1.54, 1.807) is 18.2 Å². The first-order valence-electron chi connectivity index (χ1n) is 7.40. The predicted octanol–water partition coefficient (Wildman–Crippen LogP) is 2.05. The van der Waals surface area contributed by atoms with E-state index in [0.29, 0.717) is 11.1 Å². The predicted molar refractivity (Wildman–Crippen MR) is 91.2 cm³/mol. The molecule has 0 aliphatic carbocycles. The van der Waals surface area contributed by atoms with Gasteiger partial charge in [-0.15, -0.1) is 0 Å². The molecule has 122 valence electrons. The Balaban J connectivity index is 1.84. The summed E-state index contributed by atoms with van der Waals surface area (Å²) in [6.45, 7) is 3.99. The van der Waals surface area contributed by atoms with E-state index >= 15 is 0 Å². The minimum atomic E-state index is -0.480. The second-order valence-electron chi connectivity index (χ2n) is 5.37. The molecule has 6 nitrogen and oxygen atoms in total. The summed E-state index contributed by atoms with van der Waals surface area (Å²) in [6, 6.07) is 14.1. The Morgan fingerprint density at radius 2 is 1.88 bits per heavy atom. The van der Waals surface area contributed by atoms with Gasteiger partial charge in [0.15, 0.2) is 0 Å². The second-order valence-corrected chi connectivity index (χ2v) is 5.37. The number of carbonyl (C=O) groups excluding carboxylic acids is 2. The van der Waals surface area contributed by atoms with E-state index in [1.807, 2.05) is 38.1 Å². The van der Waals surface area contributed by atoms with Gasteiger partial charge in [0.2, 0.25) is 0 Å². The van der Waals surface area contributed by atoms with Crippen LogP contribution in [0.4, 0.5) is 5.69 Å². The summed E-state index contributed by atoms with van der Waals surface area (Å²) in [6.07, 6.45) is 0. The van der Waals surface area contributed by atoms with Crippen LogP contribution in [0.1, 0.15) is 27.0 Å². The molecule has 0 atom stereocenters. The van der Waals surface area contributed by atoms with Crippen LogP contribution in [0.25, 0.3) is 0 Å². The van der Waals surface area contributed by atoms with Gasteiger partial charge in [0.05, 0.1) is 18.2 Å². The maximum atomic E-state index is 11.9. The van der Waals surface area contributed by atoms with Crippen molar-refractivity contribution in [2.45, 2.75) is 13.8 Å². The SMILES string of the molecule is Cc1ccc(NCC(=O)NNC(=O)c2cccc(C#N)c2)c(C)c1. The van der Waals surface area contributed by atoms with Crippen molar-refractivity contribution >= 4 is 17.5 Å².